The van der Waals surface area contributed by atoms with Crippen molar-refractivity contribution in [3.63, 3.8) is 0 Å². The number of carbonyl (C=O) groups excluding carboxylic acids is 6. The Labute approximate surface area is 379 Å². The molecule has 2 heterocycles. The number of ether oxygens (including phenoxy) is 7. The van der Waals surface area contributed by atoms with Crippen molar-refractivity contribution in [2.45, 2.75) is 83.5 Å². The number of terminal acetylenes is 1. The fourth-order valence-corrected chi connectivity index (χ4v) is 10.1. The molecule has 0 radical (unpaired) electrons. The van der Waals surface area contributed by atoms with Crippen LogP contribution in [0.4, 0.5) is 5.69 Å². The number of hydrogen-bond acceptors (Lipinski definition) is 15. The molecule has 2 aromatic carbocycles. The zero-order chi connectivity index (χ0) is 46.6. The van der Waals surface area contributed by atoms with Gasteiger partial charge in [-0.25, -0.2) is 9.59 Å². The van der Waals surface area contributed by atoms with E-state index >= 15 is 0 Å². The zero-order valence-electron chi connectivity index (χ0n) is 37.4. The quantitative estimate of drug-likeness (QED) is 0.0493. The summed E-state index contributed by atoms with van der Waals surface area (Å²) in [5, 5.41) is 16.8. The lowest BCUT2D eigenvalue weighted by molar-refractivity contribution is -0.203. The molecule has 4 unspecified atom stereocenters. The minimum atomic E-state index is -0.675. The van der Waals surface area contributed by atoms with Crippen LogP contribution in [-0.2, 0) is 52.3 Å². The van der Waals surface area contributed by atoms with Gasteiger partial charge in [0.05, 0.1) is 75.1 Å². The third kappa shape index (κ3) is 12.1. The molecule has 6 rings (SSSR count). The number of benzene rings is 2. The van der Waals surface area contributed by atoms with Gasteiger partial charge in [-0.05, 0) is 105 Å². The number of rotatable bonds is 22. The monoisotopic (exact) mass is 900 g/mol. The number of carbonyl (C=O) groups is 6. The van der Waals surface area contributed by atoms with Crippen molar-refractivity contribution < 1.29 is 67.0 Å². The van der Waals surface area contributed by atoms with E-state index in [1.54, 1.807) is 24.3 Å². The third-order valence-corrected chi connectivity index (χ3v) is 13.5. The van der Waals surface area contributed by atoms with E-state index in [0.29, 0.717) is 48.4 Å². The van der Waals surface area contributed by atoms with E-state index in [9.17, 15) is 33.9 Å². The van der Waals surface area contributed by atoms with Crippen LogP contribution in [0.1, 0.15) is 92.0 Å². The highest BCUT2D eigenvalue weighted by atomic mass is 16.6. The molecule has 3 N–H and O–H groups in total. The van der Waals surface area contributed by atoms with Crippen LogP contribution in [0.15, 0.2) is 60.2 Å². The van der Waals surface area contributed by atoms with Crippen LogP contribution < -0.4 is 10.6 Å². The summed E-state index contributed by atoms with van der Waals surface area (Å²) < 4.78 is 38.3. The highest BCUT2D eigenvalue weighted by Gasteiger charge is 2.65. The molecule has 3 fully saturated rings. The molecule has 65 heavy (non-hydrogen) atoms. The number of amides is 1. The Kier molecular flexibility index (Phi) is 16.7. The lowest BCUT2D eigenvalue weighted by Gasteiger charge is -2.61. The molecule has 2 aliphatic heterocycles. The third-order valence-electron chi connectivity index (χ3n) is 13.5. The molecule has 350 valence electrons. The lowest BCUT2D eigenvalue weighted by Crippen LogP contribution is -2.61. The average Bonchev–Trinajstić information content (AvgIpc) is 3.89. The van der Waals surface area contributed by atoms with Crippen LogP contribution in [-0.4, -0.2) is 124 Å². The van der Waals surface area contributed by atoms with Gasteiger partial charge in [0.15, 0.2) is 5.78 Å². The second-order valence-corrected chi connectivity index (χ2v) is 17.7. The summed E-state index contributed by atoms with van der Waals surface area (Å²) in [6.45, 7) is 7.52. The topological polar surface area (TPSA) is 211 Å². The van der Waals surface area contributed by atoms with Gasteiger partial charge in [0.25, 0.3) is 0 Å². The molecule has 2 saturated carbocycles. The SMILES string of the molecule is C#CCOCCOCCOC(=O)CNCC(=O)Nc1ccc(C(=O)c2ccc(C(=O)OCCCC(=O)OC[C@@]3(C)C4CCC5(C)OC(C6=CCOC6=O)CC5[C@]4(C)CC[C@H]3O)cc2)cc1. The fourth-order valence-electron chi connectivity index (χ4n) is 10.1. The van der Waals surface area contributed by atoms with Crippen molar-refractivity contribution in [3.8, 4) is 12.3 Å². The molecule has 0 bridgehead atoms. The summed E-state index contributed by atoms with van der Waals surface area (Å²) in [5.74, 6) is -0.0331. The number of hydrogen-bond donors (Lipinski definition) is 3. The molecular weight excluding hydrogens is 841 g/mol. The molecule has 1 saturated heterocycles. The van der Waals surface area contributed by atoms with Gasteiger partial charge in [0.1, 0.15) is 19.8 Å². The van der Waals surface area contributed by atoms with E-state index in [0.717, 1.165) is 19.3 Å². The van der Waals surface area contributed by atoms with Crippen molar-refractivity contribution in [1.82, 2.24) is 5.32 Å². The highest BCUT2D eigenvalue weighted by Crippen LogP contribution is 2.66. The van der Waals surface area contributed by atoms with E-state index in [1.165, 1.54) is 24.3 Å². The molecule has 1 amide bonds. The van der Waals surface area contributed by atoms with Crippen LogP contribution >= 0.6 is 0 Å². The number of nitrogens with one attached hydrogen (secondary N) is 2. The van der Waals surface area contributed by atoms with Gasteiger partial charge in [0.2, 0.25) is 5.91 Å². The van der Waals surface area contributed by atoms with Crippen molar-refractivity contribution >= 4 is 41.3 Å². The standard InChI is InChI=1S/C49H60N2O14/c1-5-21-59-24-25-60-26-27-61-43(55)30-50-29-41(53)51-35-14-12-33(13-15-35)44(56)32-8-10-34(11-9-32)45(57)62-22-6-7-42(54)64-31-48(3)38-16-20-49(4)39(47(38,2)19-17-40(48)52)28-37(65-49)36-18-23-63-46(36)58/h1,8-15,18,37-40,50,52H,6-7,16-17,19-31H2,2-4H3,(H,51,53)/t37?,38?,39?,40-,47-,48+,49?/m1/s1. The Hall–Kier alpha value is -5.44. The Balaban J connectivity index is 0.874. The number of aliphatic hydroxyl groups excluding tert-OH is 1. The molecule has 0 spiro atoms. The summed E-state index contributed by atoms with van der Waals surface area (Å²) in [4.78, 5) is 75.5. The first kappa shape index (κ1) is 49.0. The molecule has 0 aromatic heterocycles. The first-order chi connectivity index (χ1) is 31.2. The summed E-state index contributed by atoms with van der Waals surface area (Å²) >= 11 is 0. The second kappa shape index (κ2) is 22.2. The predicted octanol–water partition coefficient (Wildman–Crippen LogP) is 4.36. The van der Waals surface area contributed by atoms with E-state index in [2.05, 4.69) is 30.4 Å². The molecule has 2 aromatic rings. The highest BCUT2D eigenvalue weighted by molar-refractivity contribution is 6.09. The van der Waals surface area contributed by atoms with Crippen molar-refractivity contribution in [1.29, 1.82) is 0 Å². The smallest absolute Gasteiger partial charge is 0.338 e. The van der Waals surface area contributed by atoms with Crippen LogP contribution in [0, 0.1) is 35.0 Å². The van der Waals surface area contributed by atoms with Crippen LogP contribution in [0.2, 0.25) is 0 Å². The van der Waals surface area contributed by atoms with Gasteiger partial charge in [-0.2, -0.15) is 0 Å². The maximum absolute atomic E-state index is 13.2. The number of cyclic esters (lactones) is 1. The summed E-state index contributed by atoms with van der Waals surface area (Å²) in [6, 6.07) is 12.3. The normalized spacial score (nSPS) is 26.7. The minimum absolute atomic E-state index is 0.0197. The van der Waals surface area contributed by atoms with Gasteiger partial charge >= 0.3 is 23.9 Å². The van der Waals surface area contributed by atoms with Gasteiger partial charge in [-0.15, -0.1) is 6.42 Å². The average molecular weight is 901 g/mol. The predicted molar refractivity (Wildman–Crippen MR) is 234 cm³/mol. The number of ketones is 1. The largest absolute Gasteiger partial charge is 0.465 e. The second-order valence-electron chi connectivity index (χ2n) is 17.7. The number of anilines is 1. The Morgan fingerprint density at radius 1 is 0.815 bits per heavy atom. The van der Waals surface area contributed by atoms with Gasteiger partial charge in [-0.1, -0.05) is 31.9 Å². The molecule has 4 aliphatic rings. The molecule has 2 aliphatic carbocycles. The number of esters is 4. The lowest BCUT2D eigenvalue weighted by atomic mass is 9.44. The Morgan fingerprint density at radius 3 is 2.22 bits per heavy atom. The summed E-state index contributed by atoms with van der Waals surface area (Å²) in [6.07, 6.45) is 9.82. The van der Waals surface area contributed by atoms with Crippen LogP contribution in [0.5, 0.6) is 0 Å². The summed E-state index contributed by atoms with van der Waals surface area (Å²) in [5.41, 5.74) is 0.705. The summed E-state index contributed by atoms with van der Waals surface area (Å²) in [7, 11) is 0. The zero-order valence-corrected chi connectivity index (χ0v) is 37.4. The maximum Gasteiger partial charge on any atom is 0.338 e. The number of fused-ring (bicyclic) bond motifs is 3. The van der Waals surface area contributed by atoms with Crippen molar-refractivity contribution in [2.24, 2.45) is 22.7 Å². The van der Waals surface area contributed by atoms with Crippen molar-refractivity contribution in [2.75, 3.05) is 71.3 Å². The van der Waals surface area contributed by atoms with E-state index in [-0.39, 0.29) is 106 Å². The Bertz CT molecular complexity index is 2110. The van der Waals surface area contributed by atoms with Gasteiger partial charge < -0.3 is 43.6 Å². The molecular formula is C49H60N2O14. The molecule has 16 nitrogen and oxygen atoms in total. The van der Waals surface area contributed by atoms with Crippen molar-refractivity contribution in [3.05, 3.63) is 76.9 Å². The van der Waals surface area contributed by atoms with Gasteiger partial charge in [-0.3, -0.25) is 24.5 Å². The first-order valence-electron chi connectivity index (χ1n) is 22.2. The number of aliphatic hydroxyl groups is 1. The molecule has 7 atom stereocenters. The maximum atomic E-state index is 13.2. The van der Waals surface area contributed by atoms with E-state index < -0.39 is 40.9 Å². The first-order valence-corrected chi connectivity index (χ1v) is 22.2. The Morgan fingerprint density at radius 2 is 1.51 bits per heavy atom. The molecule has 16 heteroatoms. The van der Waals surface area contributed by atoms with Crippen LogP contribution in [0.3, 0.4) is 0 Å². The van der Waals surface area contributed by atoms with Gasteiger partial charge in [0, 0.05) is 28.7 Å². The van der Waals surface area contributed by atoms with E-state index in [1.807, 2.05) is 13.0 Å². The van der Waals surface area contributed by atoms with E-state index in [4.69, 9.17) is 39.6 Å². The van der Waals surface area contributed by atoms with Crippen LogP contribution in [0.25, 0.3) is 0 Å². The fraction of sp³-hybridized carbons (Fsp3) is 0.551. The minimum Gasteiger partial charge on any atom is -0.465 e.